The Kier molecular flexibility index (Phi) is 10.7. The van der Waals surface area contributed by atoms with E-state index in [9.17, 15) is 18.0 Å². The van der Waals surface area contributed by atoms with E-state index in [-0.39, 0.29) is 17.6 Å². The van der Waals surface area contributed by atoms with Gasteiger partial charge in [0.15, 0.2) is 0 Å². The summed E-state index contributed by atoms with van der Waals surface area (Å²) in [4.78, 5) is 31.2. The highest BCUT2D eigenvalue weighted by molar-refractivity contribution is 7.92. The van der Waals surface area contributed by atoms with Crippen molar-refractivity contribution in [3.8, 4) is 5.75 Å². The Balaban J connectivity index is 1.50. The zero-order chi connectivity index (χ0) is 30.8. The first-order valence-corrected chi connectivity index (χ1v) is 15.9. The summed E-state index contributed by atoms with van der Waals surface area (Å²) in [6, 6.07) is 23.5. The van der Waals surface area contributed by atoms with Crippen LogP contribution in [0.2, 0.25) is 0 Å². The minimum absolute atomic E-state index is 0.0973. The van der Waals surface area contributed by atoms with E-state index in [1.807, 2.05) is 50.2 Å². The van der Waals surface area contributed by atoms with Crippen LogP contribution in [0.25, 0.3) is 10.9 Å². The van der Waals surface area contributed by atoms with Crippen LogP contribution in [0.15, 0.2) is 91.1 Å². The molecule has 9 nitrogen and oxygen atoms in total. The smallest absolute Gasteiger partial charge is 0.251 e. The second-order valence-corrected chi connectivity index (χ2v) is 12.7. The quantitative estimate of drug-likeness (QED) is 0.188. The van der Waals surface area contributed by atoms with Gasteiger partial charge < -0.3 is 15.4 Å². The van der Waals surface area contributed by atoms with E-state index in [0.29, 0.717) is 36.3 Å². The number of carbonyl (C=O) groups is 2. The van der Waals surface area contributed by atoms with Crippen molar-refractivity contribution in [2.24, 2.45) is 5.92 Å². The van der Waals surface area contributed by atoms with Crippen LogP contribution in [0.3, 0.4) is 0 Å². The lowest BCUT2D eigenvalue weighted by molar-refractivity contribution is -0.124. The molecule has 43 heavy (non-hydrogen) atoms. The molecule has 2 unspecified atom stereocenters. The number of aromatic nitrogens is 1. The van der Waals surface area contributed by atoms with Gasteiger partial charge in [0.2, 0.25) is 15.9 Å². The zero-order valence-electron chi connectivity index (χ0n) is 24.6. The van der Waals surface area contributed by atoms with E-state index >= 15 is 0 Å². The molecule has 0 aliphatic carbocycles. The van der Waals surface area contributed by atoms with Gasteiger partial charge in [-0.25, -0.2) is 8.42 Å². The average Bonchev–Trinajstić information content (AvgIpc) is 2.99. The Morgan fingerprint density at radius 3 is 2.35 bits per heavy atom. The van der Waals surface area contributed by atoms with Crippen molar-refractivity contribution in [1.82, 2.24) is 15.6 Å². The number of methoxy groups -OCH3 is 1. The monoisotopic (exact) mass is 602 g/mol. The maximum atomic E-state index is 13.6. The van der Waals surface area contributed by atoms with Gasteiger partial charge in [0.25, 0.3) is 5.91 Å². The number of nitrogens with one attached hydrogen (secondary N) is 3. The Bertz CT molecular complexity index is 1630. The number of ether oxygens (including phenoxy) is 1. The van der Waals surface area contributed by atoms with Gasteiger partial charge in [-0.15, -0.1) is 0 Å². The van der Waals surface area contributed by atoms with Gasteiger partial charge >= 0.3 is 0 Å². The van der Waals surface area contributed by atoms with Crippen molar-refractivity contribution in [2.45, 2.75) is 45.2 Å². The molecule has 0 aliphatic rings. The molecule has 0 radical (unpaired) electrons. The number of aryl methyl sites for hydroxylation is 1. The van der Waals surface area contributed by atoms with E-state index in [1.165, 1.54) is 7.11 Å². The summed E-state index contributed by atoms with van der Waals surface area (Å²) in [5.41, 5.74) is 2.60. The number of carbonyl (C=O) groups excluding carboxylic acids is 2. The topological polar surface area (TPSA) is 126 Å². The Hall–Kier alpha value is -4.44. The van der Waals surface area contributed by atoms with Crippen LogP contribution >= 0.6 is 0 Å². The lowest BCUT2D eigenvalue weighted by Crippen LogP contribution is -2.52. The molecule has 1 heterocycles. The van der Waals surface area contributed by atoms with E-state index < -0.39 is 28.0 Å². The highest BCUT2D eigenvalue weighted by Crippen LogP contribution is 2.18. The predicted octanol–water partition coefficient (Wildman–Crippen LogP) is 4.95. The number of fused-ring (bicyclic) bond motifs is 1. The van der Waals surface area contributed by atoms with E-state index in [1.54, 1.807) is 54.7 Å². The predicted molar refractivity (Wildman–Crippen MR) is 170 cm³/mol. The van der Waals surface area contributed by atoms with Crippen molar-refractivity contribution < 1.29 is 22.7 Å². The molecule has 4 rings (SSSR count). The number of sulfonamides is 1. The third-order valence-electron chi connectivity index (χ3n) is 6.95. The second kappa shape index (κ2) is 14.6. The van der Waals surface area contributed by atoms with E-state index in [0.717, 1.165) is 16.5 Å². The number of pyridine rings is 1. The fourth-order valence-electron chi connectivity index (χ4n) is 4.79. The summed E-state index contributed by atoms with van der Waals surface area (Å²) in [7, 11) is -2.30. The molecule has 4 aromatic rings. The van der Waals surface area contributed by atoms with Gasteiger partial charge in [-0.2, -0.15) is 0 Å². The van der Waals surface area contributed by atoms with Gasteiger partial charge in [-0.3, -0.25) is 19.3 Å². The number of anilines is 1. The van der Waals surface area contributed by atoms with Crippen molar-refractivity contribution in [1.29, 1.82) is 0 Å². The molecule has 0 aliphatic heterocycles. The van der Waals surface area contributed by atoms with Gasteiger partial charge in [0, 0.05) is 28.9 Å². The molecule has 2 atom stereocenters. The van der Waals surface area contributed by atoms with Gasteiger partial charge in [0.05, 0.1) is 18.4 Å². The van der Waals surface area contributed by atoms with Gasteiger partial charge in [0.1, 0.15) is 11.8 Å². The minimum atomic E-state index is -3.84. The summed E-state index contributed by atoms with van der Waals surface area (Å²) in [6.07, 6.45) is 3.02. The highest BCUT2D eigenvalue weighted by atomic mass is 32.2. The first-order valence-electron chi connectivity index (χ1n) is 14.3. The van der Waals surface area contributed by atoms with Crippen LogP contribution in [-0.4, -0.2) is 50.2 Å². The summed E-state index contributed by atoms with van der Waals surface area (Å²) in [5.74, 6) is -0.449. The largest absolute Gasteiger partial charge is 0.497 e. The third-order valence-corrected chi connectivity index (χ3v) is 8.34. The number of hydrogen-bond donors (Lipinski definition) is 3. The van der Waals surface area contributed by atoms with Crippen molar-refractivity contribution >= 4 is 38.4 Å². The molecule has 1 aromatic heterocycles. The molecule has 3 N–H and O–H groups in total. The maximum absolute atomic E-state index is 13.6. The number of hydrogen-bond acceptors (Lipinski definition) is 6. The van der Waals surface area contributed by atoms with Crippen LogP contribution in [0.4, 0.5) is 5.69 Å². The second-order valence-electron chi connectivity index (χ2n) is 10.9. The molecule has 0 saturated heterocycles. The molecule has 2 amide bonds. The number of nitrogens with zero attached hydrogens (tertiary/aromatic N) is 1. The molecule has 0 spiro atoms. The molecule has 0 fully saturated rings. The molecular weight excluding hydrogens is 564 g/mol. The standard InChI is InChI=1S/C33H38N4O5S/c1-23(2)20-31(36-32(38)26-12-18-30-25(21-26)10-7-19-34-30)33(39)35-28(13-11-24-8-5-4-6-9-24)22-43(40,41)37-27-14-16-29(42-3)17-15-27/h4-10,12,14-19,21,23,28,31,37H,11,13,20,22H2,1-3H3,(H,35,39)(H,36,38). The summed E-state index contributed by atoms with van der Waals surface area (Å²) in [6.45, 7) is 3.93. The molecule has 226 valence electrons. The summed E-state index contributed by atoms with van der Waals surface area (Å²) >= 11 is 0. The fraction of sp³-hybridized carbons (Fsp3) is 0.303. The van der Waals surface area contributed by atoms with Gasteiger partial charge in [-0.1, -0.05) is 50.2 Å². The Morgan fingerprint density at radius 2 is 1.65 bits per heavy atom. The number of amides is 2. The molecule has 0 saturated carbocycles. The number of rotatable bonds is 14. The SMILES string of the molecule is COc1ccc(NS(=O)(=O)CC(CCc2ccccc2)NC(=O)C(CC(C)C)NC(=O)c2ccc3ncccc3c2)cc1. The molecule has 3 aromatic carbocycles. The maximum Gasteiger partial charge on any atom is 0.251 e. The van der Waals surface area contributed by atoms with Crippen molar-refractivity contribution in [2.75, 3.05) is 17.6 Å². The Morgan fingerprint density at radius 1 is 0.907 bits per heavy atom. The molecule has 10 heteroatoms. The zero-order valence-corrected chi connectivity index (χ0v) is 25.4. The molecule has 0 bridgehead atoms. The van der Waals surface area contributed by atoms with Crippen LogP contribution in [0.1, 0.15) is 42.6 Å². The lowest BCUT2D eigenvalue weighted by atomic mass is 10.0. The lowest BCUT2D eigenvalue weighted by Gasteiger charge is -2.25. The minimum Gasteiger partial charge on any atom is -0.497 e. The molecular formula is C33H38N4O5S. The third kappa shape index (κ3) is 9.54. The van der Waals surface area contributed by atoms with Crippen LogP contribution in [0.5, 0.6) is 5.75 Å². The van der Waals surface area contributed by atoms with Crippen molar-refractivity contribution in [3.63, 3.8) is 0 Å². The fourth-order valence-corrected chi connectivity index (χ4v) is 6.15. The van der Waals surface area contributed by atoms with Crippen LogP contribution in [-0.2, 0) is 21.2 Å². The van der Waals surface area contributed by atoms with Crippen molar-refractivity contribution in [3.05, 3.63) is 102 Å². The highest BCUT2D eigenvalue weighted by Gasteiger charge is 2.27. The normalized spacial score (nSPS) is 12.8. The average molecular weight is 603 g/mol. The Labute approximate surface area is 253 Å². The van der Waals surface area contributed by atoms with E-state index in [2.05, 4.69) is 20.3 Å². The first kappa shape index (κ1) is 31.5. The summed E-state index contributed by atoms with van der Waals surface area (Å²) < 4.78 is 34.2. The number of benzene rings is 3. The van der Waals surface area contributed by atoms with E-state index in [4.69, 9.17) is 4.74 Å². The van der Waals surface area contributed by atoms with Crippen LogP contribution < -0.4 is 20.1 Å². The first-order chi connectivity index (χ1) is 20.6. The van der Waals surface area contributed by atoms with Gasteiger partial charge in [-0.05, 0) is 79.3 Å². The summed E-state index contributed by atoms with van der Waals surface area (Å²) in [5, 5.41) is 6.63. The van der Waals surface area contributed by atoms with Crippen LogP contribution in [0, 0.1) is 5.92 Å².